The molecule has 0 radical (unpaired) electrons. The third-order valence-electron chi connectivity index (χ3n) is 3.68. The molecule has 11 heteroatoms. The van der Waals surface area contributed by atoms with E-state index in [1.165, 1.54) is 19.2 Å². The van der Waals surface area contributed by atoms with E-state index in [-0.39, 0.29) is 10.7 Å². The fraction of sp³-hybridized carbons (Fsp3) is 0.0588. The largest absolute Gasteiger partial charge is 0.506 e. The van der Waals surface area contributed by atoms with Crippen LogP contribution in [0, 0.1) is 27.3 Å². The molecule has 0 aliphatic carbocycles. The van der Waals surface area contributed by atoms with Gasteiger partial charge < -0.3 is 20.2 Å². The minimum absolute atomic E-state index is 0.00746. The number of phenolic OH excluding ortho intramolecular Hbond substituents is 2. The minimum Gasteiger partial charge on any atom is -0.506 e. The molecule has 2 rings (SSSR count). The number of nitriles is 1. The lowest BCUT2D eigenvalue weighted by molar-refractivity contribution is -0.386. The van der Waals surface area contributed by atoms with Gasteiger partial charge in [-0.3, -0.25) is 14.9 Å². The third kappa shape index (κ3) is 3.79. The van der Waals surface area contributed by atoms with E-state index in [1.807, 2.05) is 0 Å². The molecule has 0 aromatic heterocycles. The summed E-state index contributed by atoms with van der Waals surface area (Å²) in [7, 11) is 1.17. The van der Waals surface area contributed by atoms with Gasteiger partial charge in [0.15, 0.2) is 11.3 Å². The van der Waals surface area contributed by atoms with Crippen molar-refractivity contribution in [2.24, 2.45) is 0 Å². The standard InChI is InChI=1S/C17H11ClFN3O6/c1-21(12-6-9(19)2-3-11(12)18)17(26)10(7-20)15(24)8-4-13(22(27)28)16(25)14(23)5-8/h2-6,23-25H,1H3/b15-10-. The Hall–Kier alpha value is -3.84. The molecule has 0 unspecified atom stereocenters. The Morgan fingerprint density at radius 3 is 2.54 bits per heavy atom. The molecule has 28 heavy (non-hydrogen) atoms. The highest BCUT2D eigenvalue weighted by molar-refractivity contribution is 6.34. The molecule has 2 aromatic rings. The summed E-state index contributed by atoms with van der Waals surface area (Å²) in [6.07, 6.45) is 0. The zero-order valence-electron chi connectivity index (χ0n) is 14.1. The number of nitrogens with zero attached hydrogens (tertiary/aromatic N) is 3. The Morgan fingerprint density at radius 1 is 1.32 bits per heavy atom. The quantitative estimate of drug-likeness (QED) is 0.176. The van der Waals surface area contributed by atoms with Crippen molar-refractivity contribution in [2.75, 3.05) is 11.9 Å². The minimum atomic E-state index is -1.09. The van der Waals surface area contributed by atoms with Crippen LogP contribution in [0.5, 0.6) is 11.5 Å². The molecule has 144 valence electrons. The smallest absolute Gasteiger partial charge is 0.315 e. The van der Waals surface area contributed by atoms with Gasteiger partial charge in [-0.1, -0.05) is 11.6 Å². The molecule has 0 saturated carbocycles. The predicted molar refractivity (Wildman–Crippen MR) is 96.4 cm³/mol. The van der Waals surface area contributed by atoms with E-state index in [1.54, 1.807) is 0 Å². The number of carbonyl (C=O) groups is 1. The lowest BCUT2D eigenvalue weighted by Gasteiger charge is -2.19. The van der Waals surface area contributed by atoms with E-state index in [0.717, 1.165) is 23.1 Å². The summed E-state index contributed by atoms with van der Waals surface area (Å²) in [4.78, 5) is 23.3. The van der Waals surface area contributed by atoms with Crippen LogP contribution >= 0.6 is 11.6 Å². The zero-order chi connectivity index (χ0) is 21.2. The maximum absolute atomic E-state index is 13.4. The van der Waals surface area contributed by atoms with Gasteiger partial charge in [0.1, 0.15) is 17.6 Å². The summed E-state index contributed by atoms with van der Waals surface area (Å²) in [6, 6.07) is 6.04. The van der Waals surface area contributed by atoms with Crippen LogP contribution in [0.1, 0.15) is 5.56 Å². The molecule has 2 aromatic carbocycles. The third-order valence-corrected chi connectivity index (χ3v) is 4.00. The van der Waals surface area contributed by atoms with Gasteiger partial charge in [0.05, 0.1) is 15.6 Å². The van der Waals surface area contributed by atoms with Crippen molar-refractivity contribution < 1.29 is 29.4 Å². The van der Waals surface area contributed by atoms with Gasteiger partial charge in [-0.15, -0.1) is 0 Å². The first-order valence-corrected chi connectivity index (χ1v) is 7.73. The van der Waals surface area contributed by atoms with Gasteiger partial charge in [-0.05, 0) is 24.3 Å². The first-order valence-electron chi connectivity index (χ1n) is 7.35. The number of carbonyl (C=O) groups excluding carboxylic acids is 1. The highest BCUT2D eigenvalue weighted by Crippen LogP contribution is 2.38. The Morgan fingerprint density at radius 2 is 1.96 bits per heavy atom. The number of hydrogen-bond donors (Lipinski definition) is 3. The Bertz CT molecular complexity index is 1060. The van der Waals surface area contributed by atoms with Gasteiger partial charge in [0.25, 0.3) is 5.91 Å². The maximum atomic E-state index is 13.4. The molecule has 0 spiro atoms. The molecule has 0 aliphatic heterocycles. The summed E-state index contributed by atoms with van der Waals surface area (Å²) in [5, 5.41) is 49.6. The Labute approximate surface area is 161 Å². The van der Waals surface area contributed by atoms with Gasteiger partial charge in [-0.2, -0.15) is 5.26 Å². The first kappa shape index (κ1) is 20.5. The second-order valence-electron chi connectivity index (χ2n) is 5.42. The van der Waals surface area contributed by atoms with Crippen LogP contribution in [0.15, 0.2) is 35.9 Å². The number of aliphatic hydroxyl groups excluding tert-OH is 1. The number of benzene rings is 2. The molecule has 0 heterocycles. The number of amides is 1. The van der Waals surface area contributed by atoms with E-state index in [2.05, 4.69) is 0 Å². The first-order chi connectivity index (χ1) is 13.1. The van der Waals surface area contributed by atoms with Crippen molar-refractivity contribution in [3.05, 3.63) is 62.4 Å². The maximum Gasteiger partial charge on any atom is 0.315 e. The van der Waals surface area contributed by atoms with Crippen molar-refractivity contribution in [2.45, 2.75) is 0 Å². The lowest BCUT2D eigenvalue weighted by atomic mass is 10.1. The monoisotopic (exact) mass is 407 g/mol. The van der Waals surface area contributed by atoms with E-state index in [4.69, 9.17) is 11.6 Å². The number of halogens is 2. The van der Waals surface area contributed by atoms with Crippen LogP contribution in [0.4, 0.5) is 15.8 Å². The predicted octanol–water partition coefficient (Wildman–Crippen LogP) is 3.25. The van der Waals surface area contributed by atoms with Crippen molar-refractivity contribution in [1.82, 2.24) is 0 Å². The van der Waals surface area contributed by atoms with Crippen LogP contribution < -0.4 is 4.90 Å². The van der Waals surface area contributed by atoms with Gasteiger partial charge in [0.2, 0.25) is 5.75 Å². The summed E-state index contributed by atoms with van der Waals surface area (Å²) in [5.41, 5.74) is -2.37. The van der Waals surface area contributed by atoms with E-state index in [9.17, 15) is 39.9 Å². The SMILES string of the molecule is CN(C(=O)/C(C#N)=C(\O)c1cc(O)c(O)c([N+](=O)[O-])c1)c1cc(F)ccc1Cl. The number of rotatable bonds is 4. The second kappa shape index (κ2) is 7.81. The normalized spacial score (nSPS) is 11.4. The molecule has 0 bridgehead atoms. The van der Waals surface area contributed by atoms with Gasteiger partial charge in [0, 0.05) is 18.7 Å². The summed E-state index contributed by atoms with van der Waals surface area (Å²) in [5.74, 6) is -4.78. The van der Waals surface area contributed by atoms with E-state index in [0.29, 0.717) is 6.07 Å². The van der Waals surface area contributed by atoms with Crippen molar-refractivity contribution in [3.63, 3.8) is 0 Å². The van der Waals surface area contributed by atoms with Gasteiger partial charge in [-0.25, -0.2) is 4.39 Å². The average Bonchev–Trinajstić information content (AvgIpc) is 2.65. The zero-order valence-corrected chi connectivity index (χ0v) is 14.8. The molecule has 3 N–H and O–H groups in total. The number of anilines is 1. The lowest BCUT2D eigenvalue weighted by Crippen LogP contribution is -2.28. The molecular weight excluding hydrogens is 397 g/mol. The number of phenols is 2. The molecule has 0 aliphatic rings. The van der Waals surface area contributed by atoms with E-state index >= 15 is 0 Å². The Kier molecular flexibility index (Phi) is 5.71. The van der Waals surface area contributed by atoms with Crippen molar-refractivity contribution in [3.8, 4) is 17.6 Å². The summed E-state index contributed by atoms with van der Waals surface area (Å²) in [6.45, 7) is 0. The van der Waals surface area contributed by atoms with Crippen LogP contribution in [0.25, 0.3) is 5.76 Å². The van der Waals surface area contributed by atoms with Crippen molar-refractivity contribution >= 4 is 34.6 Å². The number of aromatic hydroxyl groups is 2. The van der Waals surface area contributed by atoms with Crippen LogP contribution in [0.2, 0.25) is 5.02 Å². The average molecular weight is 408 g/mol. The molecule has 0 atom stereocenters. The fourth-order valence-electron chi connectivity index (χ4n) is 2.25. The highest BCUT2D eigenvalue weighted by Gasteiger charge is 2.26. The summed E-state index contributed by atoms with van der Waals surface area (Å²) < 4.78 is 13.4. The fourth-order valence-corrected chi connectivity index (χ4v) is 2.49. The topological polar surface area (TPSA) is 148 Å². The number of likely N-dealkylation sites (N-methyl/N-ethyl adjacent to an activating group) is 1. The molecule has 0 saturated heterocycles. The van der Waals surface area contributed by atoms with Crippen LogP contribution in [0.3, 0.4) is 0 Å². The number of nitro groups is 1. The van der Waals surface area contributed by atoms with Gasteiger partial charge >= 0.3 is 5.69 Å². The Balaban J connectivity index is 2.58. The highest BCUT2D eigenvalue weighted by atomic mass is 35.5. The van der Waals surface area contributed by atoms with E-state index < -0.39 is 50.7 Å². The molecular formula is C17H11ClFN3O6. The second-order valence-corrected chi connectivity index (χ2v) is 5.82. The van der Waals surface area contributed by atoms with Crippen LogP contribution in [-0.4, -0.2) is 33.2 Å². The molecule has 1 amide bonds. The number of hydrogen-bond acceptors (Lipinski definition) is 7. The molecule has 9 nitrogen and oxygen atoms in total. The number of aliphatic hydroxyl groups is 1. The number of nitro benzene ring substituents is 1. The van der Waals surface area contributed by atoms with Crippen molar-refractivity contribution in [1.29, 1.82) is 5.26 Å². The summed E-state index contributed by atoms with van der Waals surface area (Å²) >= 11 is 5.92. The van der Waals surface area contributed by atoms with Crippen LogP contribution in [-0.2, 0) is 4.79 Å². The molecule has 0 fully saturated rings.